The molecule has 0 fully saturated rings. The van der Waals surface area contributed by atoms with Gasteiger partial charge in [0.15, 0.2) is 0 Å². The Bertz CT molecular complexity index is 522. The van der Waals surface area contributed by atoms with Crippen LogP contribution >= 0.6 is 0 Å². The average molecular weight is 376 g/mol. The van der Waals surface area contributed by atoms with E-state index in [1.165, 1.54) is 12.7 Å². The Morgan fingerprint density at radius 3 is 1.52 bits per heavy atom. The molecule has 2 aromatic heterocycles. The molecule has 0 amide bonds. The monoisotopic (exact) mass is 374 g/mol. The molecule has 0 bridgehead atoms. The fraction of sp³-hybridized carbons (Fsp3) is 0.333. The predicted octanol–water partition coefficient (Wildman–Crippen LogP) is -1.27. The molecule has 0 aromatic carbocycles. The molecular formula is C12H18N6O4Zn. The van der Waals surface area contributed by atoms with E-state index in [1.807, 2.05) is 0 Å². The molecule has 2 atom stereocenters. The number of imidazole rings is 2. The summed E-state index contributed by atoms with van der Waals surface area (Å²) in [5.74, 6) is -2.00. The van der Waals surface area contributed by atoms with Crippen molar-refractivity contribution in [2.75, 3.05) is 0 Å². The SMILES string of the molecule is N[C@@H](Cc1cnc[nH]1)C(=O)O.N[C@@H](Cc1cnc[nH]1)C(=O)O.[Zn]. The number of carboxylic acids is 2. The summed E-state index contributed by atoms with van der Waals surface area (Å²) in [6.45, 7) is 0. The van der Waals surface area contributed by atoms with Gasteiger partial charge in [0.1, 0.15) is 12.1 Å². The Morgan fingerprint density at radius 2 is 1.30 bits per heavy atom. The molecule has 0 radical (unpaired) electrons. The molecule has 23 heavy (non-hydrogen) atoms. The third kappa shape index (κ3) is 8.19. The number of nitrogens with zero attached hydrogens (tertiary/aromatic N) is 2. The van der Waals surface area contributed by atoms with Crippen molar-refractivity contribution in [3.8, 4) is 0 Å². The minimum Gasteiger partial charge on any atom is -0.480 e. The number of hydrogen-bond donors (Lipinski definition) is 6. The molecule has 2 rings (SSSR count). The van der Waals surface area contributed by atoms with Crippen molar-refractivity contribution in [3.05, 3.63) is 36.4 Å². The first-order valence-corrected chi connectivity index (χ1v) is 6.31. The Kier molecular flexibility index (Phi) is 9.63. The van der Waals surface area contributed by atoms with Crippen LogP contribution in [0.3, 0.4) is 0 Å². The van der Waals surface area contributed by atoms with Gasteiger partial charge in [0.05, 0.1) is 12.7 Å². The summed E-state index contributed by atoms with van der Waals surface area (Å²) in [6.07, 6.45) is 6.67. The van der Waals surface area contributed by atoms with Crippen LogP contribution in [0.1, 0.15) is 11.4 Å². The van der Waals surface area contributed by atoms with Crippen LogP contribution in [-0.4, -0.2) is 54.2 Å². The third-order valence-corrected chi connectivity index (χ3v) is 2.62. The largest absolute Gasteiger partial charge is 0.480 e. The van der Waals surface area contributed by atoms with Crippen molar-refractivity contribution in [1.29, 1.82) is 0 Å². The van der Waals surface area contributed by atoms with E-state index < -0.39 is 24.0 Å². The zero-order valence-electron chi connectivity index (χ0n) is 12.3. The van der Waals surface area contributed by atoms with Gasteiger partial charge in [-0.15, -0.1) is 0 Å². The molecule has 10 nitrogen and oxygen atoms in total. The van der Waals surface area contributed by atoms with Gasteiger partial charge in [-0.1, -0.05) is 0 Å². The Morgan fingerprint density at radius 1 is 0.957 bits per heavy atom. The zero-order chi connectivity index (χ0) is 16.5. The molecule has 8 N–H and O–H groups in total. The standard InChI is InChI=1S/2C6H9N3O2.Zn/c2*7-5(6(10)11)1-4-2-8-3-9-4;/h2*2-3,5H,1,7H2,(H,8,9)(H,10,11);/t2*5-;/m00./s1. The molecule has 0 saturated carbocycles. The maximum absolute atomic E-state index is 10.3. The molecule has 0 spiro atoms. The summed E-state index contributed by atoms with van der Waals surface area (Å²) >= 11 is 0. The maximum Gasteiger partial charge on any atom is 0.320 e. The van der Waals surface area contributed by atoms with Crippen molar-refractivity contribution >= 4 is 11.9 Å². The topological polar surface area (TPSA) is 184 Å². The van der Waals surface area contributed by atoms with Gasteiger partial charge >= 0.3 is 11.9 Å². The van der Waals surface area contributed by atoms with Crippen LogP contribution < -0.4 is 11.5 Å². The predicted molar refractivity (Wildman–Crippen MR) is 75.8 cm³/mol. The number of H-pyrrole nitrogens is 2. The third-order valence-electron chi connectivity index (χ3n) is 2.62. The molecule has 0 aliphatic rings. The van der Waals surface area contributed by atoms with Gasteiger partial charge < -0.3 is 31.6 Å². The quantitative estimate of drug-likeness (QED) is 0.337. The number of hydrogen-bond acceptors (Lipinski definition) is 6. The van der Waals surface area contributed by atoms with E-state index in [0.717, 1.165) is 11.4 Å². The van der Waals surface area contributed by atoms with Crippen molar-refractivity contribution < 1.29 is 39.3 Å². The molecule has 0 saturated heterocycles. The smallest absolute Gasteiger partial charge is 0.320 e. The molecule has 0 unspecified atom stereocenters. The number of rotatable bonds is 6. The van der Waals surface area contributed by atoms with E-state index in [0.29, 0.717) is 0 Å². The zero-order valence-corrected chi connectivity index (χ0v) is 15.3. The van der Waals surface area contributed by atoms with Gasteiger partial charge in [-0.3, -0.25) is 9.59 Å². The van der Waals surface area contributed by atoms with Crippen molar-refractivity contribution in [2.45, 2.75) is 24.9 Å². The van der Waals surface area contributed by atoms with Gasteiger partial charge in [0.25, 0.3) is 0 Å². The van der Waals surface area contributed by atoms with Gasteiger partial charge in [0, 0.05) is 56.1 Å². The van der Waals surface area contributed by atoms with Gasteiger partial charge in [-0.2, -0.15) is 0 Å². The first kappa shape index (κ1) is 20.9. The van der Waals surface area contributed by atoms with E-state index in [2.05, 4.69) is 19.9 Å². The number of carbonyl (C=O) groups is 2. The number of carboxylic acid groups (broad SMARTS) is 2. The molecule has 11 heteroatoms. The van der Waals surface area contributed by atoms with Gasteiger partial charge in [-0.05, 0) is 0 Å². The van der Waals surface area contributed by atoms with E-state index in [-0.39, 0.29) is 32.3 Å². The van der Waals surface area contributed by atoms with Crippen molar-refractivity contribution in [1.82, 2.24) is 19.9 Å². The van der Waals surface area contributed by atoms with E-state index in [1.54, 1.807) is 12.4 Å². The molecule has 2 aromatic rings. The van der Waals surface area contributed by atoms with E-state index >= 15 is 0 Å². The number of aromatic nitrogens is 4. The number of aromatic amines is 2. The van der Waals surface area contributed by atoms with Crippen LogP contribution in [0.4, 0.5) is 0 Å². The van der Waals surface area contributed by atoms with Crippen LogP contribution in [0, 0.1) is 0 Å². The Labute approximate surface area is 144 Å². The van der Waals surface area contributed by atoms with Crippen LogP contribution in [0.15, 0.2) is 25.0 Å². The normalized spacial score (nSPS) is 12.3. The summed E-state index contributed by atoms with van der Waals surface area (Å²) < 4.78 is 0. The van der Waals surface area contributed by atoms with Crippen molar-refractivity contribution in [2.24, 2.45) is 11.5 Å². The Hall–Kier alpha value is -2.10. The minimum atomic E-state index is -1.00. The summed E-state index contributed by atoms with van der Waals surface area (Å²) in [5.41, 5.74) is 12.0. The van der Waals surface area contributed by atoms with Crippen LogP contribution in [0.2, 0.25) is 0 Å². The van der Waals surface area contributed by atoms with E-state index in [9.17, 15) is 9.59 Å². The number of nitrogens with two attached hydrogens (primary N) is 2. The molecule has 0 aliphatic heterocycles. The summed E-state index contributed by atoms with van der Waals surface area (Å²) in [5, 5.41) is 16.8. The minimum absolute atomic E-state index is 0. The second-order valence-electron chi connectivity index (χ2n) is 4.45. The van der Waals surface area contributed by atoms with Gasteiger partial charge in [0.2, 0.25) is 0 Å². The van der Waals surface area contributed by atoms with Gasteiger partial charge in [-0.25, -0.2) is 9.97 Å². The van der Waals surface area contributed by atoms with E-state index in [4.69, 9.17) is 21.7 Å². The fourth-order valence-electron chi connectivity index (χ4n) is 1.44. The number of aliphatic carboxylic acids is 2. The Balaban J connectivity index is 0.000000403. The summed E-state index contributed by atoms with van der Waals surface area (Å²) in [7, 11) is 0. The molecular weight excluding hydrogens is 358 g/mol. The molecule has 2 heterocycles. The first-order chi connectivity index (χ1) is 10.4. The van der Waals surface area contributed by atoms with Crippen LogP contribution in [0.5, 0.6) is 0 Å². The fourth-order valence-corrected chi connectivity index (χ4v) is 1.44. The van der Waals surface area contributed by atoms with Crippen molar-refractivity contribution in [3.63, 3.8) is 0 Å². The maximum atomic E-state index is 10.3. The second kappa shape index (κ2) is 10.6. The number of nitrogens with one attached hydrogen (secondary N) is 2. The first-order valence-electron chi connectivity index (χ1n) is 6.31. The average Bonchev–Trinajstić information content (AvgIpc) is 3.12. The van der Waals surface area contributed by atoms with Crippen LogP contribution in [-0.2, 0) is 41.9 Å². The summed E-state index contributed by atoms with van der Waals surface area (Å²) in [6, 6.07) is -1.70. The summed E-state index contributed by atoms with van der Waals surface area (Å²) in [4.78, 5) is 33.5. The molecule has 122 valence electrons. The molecule has 0 aliphatic carbocycles. The van der Waals surface area contributed by atoms with Crippen LogP contribution in [0.25, 0.3) is 0 Å². The second-order valence-corrected chi connectivity index (χ2v) is 4.45.